The lowest BCUT2D eigenvalue weighted by atomic mass is 9.84. The molecule has 0 saturated carbocycles. The van der Waals surface area contributed by atoms with Gasteiger partial charge in [0.15, 0.2) is 11.6 Å². The van der Waals surface area contributed by atoms with Crippen LogP contribution < -0.4 is 10.6 Å². The topological polar surface area (TPSA) is 71.1 Å². The number of pyridine rings is 1. The monoisotopic (exact) mass is 295 g/mol. The Kier molecular flexibility index (Phi) is 3.98. The molecule has 2 aromatic rings. The molecule has 3 rings (SSSR count). The minimum Gasteiger partial charge on any atom is -0.368 e. The summed E-state index contributed by atoms with van der Waals surface area (Å²) in [6, 6.07) is 8.53. The van der Waals surface area contributed by atoms with E-state index in [0.717, 1.165) is 13.1 Å². The number of anilines is 1. The summed E-state index contributed by atoms with van der Waals surface area (Å²) >= 11 is 0. The number of aromatic nitrogens is 1. The summed E-state index contributed by atoms with van der Waals surface area (Å²) in [6.45, 7) is 4.32. The molecule has 5 nitrogen and oxygen atoms in total. The van der Waals surface area contributed by atoms with Crippen LogP contribution in [-0.4, -0.2) is 36.2 Å². The summed E-state index contributed by atoms with van der Waals surface area (Å²) in [7, 11) is 0. The first-order chi connectivity index (χ1) is 10.7. The van der Waals surface area contributed by atoms with Crippen molar-refractivity contribution < 1.29 is 9.59 Å². The summed E-state index contributed by atoms with van der Waals surface area (Å²) in [5, 5.41) is 6.33. The van der Waals surface area contributed by atoms with Crippen molar-refractivity contribution in [2.75, 3.05) is 25.0 Å². The number of fused-ring (bicyclic) bond motifs is 2. The minimum atomic E-state index is -0.149. The lowest BCUT2D eigenvalue weighted by Gasteiger charge is -2.19. The number of benzene rings is 1. The van der Waals surface area contributed by atoms with Crippen molar-refractivity contribution in [2.45, 2.75) is 6.92 Å². The van der Waals surface area contributed by atoms with E-state index < -0.39 is 0 Å². The third kappa shape index (κ3) is 2.40. The molecule has 1 aliphatic rings. The molecule has 1 aromatic carbocycles. The van der Waals surface area contributed by atoms with Crippen molar-refractivity contribution in [3.8, 4) is 0 Å². The third-order valence-corrected chi connectivity index (χ3v) is 3.68. The molecule has 1 aromatic heterocycles. The van der Waals surface area contributed by atoms with E-state index in [9.17, 15) is 9.59 Å². The Morgan fingerprint density at radius 3 is 2.41 bits per heavy atom. The number of rotatable bonds is 5. The van der Waals surface area contributed by atoms with E-state index in [1.165, 1.54) is 0 Å². The SMILES string of the molecule is CCNCCNc1nccc2c1C(=O)c1ccccc1C2=O. The number of ketones is 2. The quantitative estimate of drug-likeness (QED) is 0.703. The molecule has 0 saturated heterocycles. The number of likely N-dealkylation sites (N-methyl/N-ethyl adjacent to an activating group) is 1. The van der Waals surface area contributed by atoms with Crippen LogP contribution >= 0.6 is 0 Å². The predicted molar refractivity (Wildman–Crippen MR) is 84.6 cm³/mol. The second kappa shape index (κ2) is 6.07. The molecule has 0 aliphatic heterocycles. The largest absolute Gasteiger partial charge is 0.368 e. The third-order valence-electron chi connectivity index (χ3n) is 3.68. The van der Waals surface area contributed by atoms with E-state index in [-0.39, 0.29) is 11.6 Å². The van der Waals surface area contributed by atoms with Crippen LogP contribution in [0.5, 0.6) is 0 Å². The Morgan fingerprint density at radius 2 is 1.68 bits per heavy atom. The fraction of sp³-hybridized carbons (Fsp3) is 0.235. The van der Waals surface area contributed by atoms with Gasteiger partial charge in [-0.1, -0.05) is 31.2 Å². The average Bonchev–Trinajstić information content (AvgIpc) is 2.56. The summed E-state index contributed by atoms with van der Waals surface area (Å²) < 4.78 is 0. The number of hydrogen-bond acceptors (Lipinski definition) is 5. The van der Waals surface area contributed by atoms with Crippen LogP contribution in [-0.2, 0) is 0 Å². The number of carbonyl (C=O) groups is 2. The van der Waals surface area contributed by atoms with Crippen molar-refractivity contribution in [3.63, 3.8) is 0 Å². The number of nitrogens with one attached hydrogen (secondary N) is 2. The fourth-order valence-corrected chi connectivity index (χ4v) is 2.62. The Morgan fingerprint density at radius 1 is 0.955 bits per heavy atom. The highest BCUT2D eigenvalue weighted by atomic mass is 16.1. The van der Waals surface area contributed by atoms with Gasteiger partial charge in [-0.15, -0.1) is 0 Å². The molecule has 0 unspecified atom stereocenters. The first kappa shape index (κ1) is 14.4. The fourth-order valence-electron chi connectivity index (χ4n) is 2.62. The summed E-state index contributed by atoms with van der Waals surface area (Å²) in [4.78, 5) is 29.5. The molecule has 0 spiro atoms. The highest BCUT2D eigenvalue weighted by Crippen LogP contribution is 2.30. The van der Waals surface area contributed by atoms with Gasteiger partial charge in [-0.3, -0.25) is 9.59 Å². The van der Waals surface area contributed by atoms with E-state index >= 15 is 0 Å². The Bertz CT molecular complexity index is 740. The van der Waals surface area contributed by atoms with Crippen LogP contribution in [0.3, 0.4) is 0 Å². The van der Waals surface area contributed by atoms with Gasteiger partial charge in [-0.25, -0.2) is 4.98 Å². The van der Waals surface area contributed by atoms with Crippen LogP contribution in [0.4, 0.5) is 5.82 Å². The zero-order valence-corrected chi connectivity index (χ0v) is 12.3. The normalized spacial score (nSPS) is 12.8. The minimum absolute atomic E-state index is 0.123. The van der Waals surface area contributed by atoms with E-state index in [1.54, 1.807) is 36.5 Å². The van der Waals surface area contributed by atoms with E-state index in [2.05, 4.69) is 15.6 Å². The molecule has 1 heterocycles. The lowest BCUT2D eigenvalue weighted by Crippen LogP contribution is -2.26. The number of hydrogen-bond donors (Lipinski definition) is 2. The van der Waals surface area contributed by atoms with Crippen LogP contribution in [0.2, 0.25) is 0 Å². The molecule has 22 heavy (non-hydrogen) atoms. The molecule has 0 fully saturated rings. The molecule has 112 valence electrons. The molecule has 0 bridgehead atoms. The standard InChI is InChI=1S/C17H17N3O2/c1-2-18-9-10-20-17-14-13(7-8-19-17)15(21)11-5-3-4-6-12(11)16(14)22/h3-8,18H,2,9-10H2,1H3,(H,19,20). The molecule has 0 amide bonds. The van der Waals surface area contributed by atoms with Crippen molar-refractivity contribution >= 4 is 17.4 Å². The van der Waals surface area contributed by atoms with Crippen molar-refractivity contribution in [1.82, 2.24) is 10.3 Å². The summed E-state index contributed by atoms with van der Waals surface area (Å²) in [5.41, 5.74) is 1.71. The molecule has 0 atom stereocenters. The maximum Gasteiger partial charge on any atom is 0.198 e. The highest BCUT2D eigenvalue weighted by Gasteiger charge is 2.31. The maximum atomic E-state index is 12.7. The van der Waals surface area contributed by atoms with Crippen molar-refractivity contribution in [1.29, 1.82) is 0 Å². The Labute approximate surface area is 128 Å². The van der Waals surface area contributed by atoms with Gasteiger partial charge in [0.05, 0.1) is 5.56 Å². The van der Waals surface area contributed by atoms with Crippen LogP contribution in [0.25, 0.3) is 0 Å². The molecular formula is C17H17N3O2. The first-order valence-electron chi connectivity index (χ1n) is 7.36. The molecular weight excluding hydrogens is 278 g/mol. The zero-order chi connectivity index (χ0) is 15.5. The highest BCUT2D eigenvalue weighted by molar-refractivity contribution is 6.29. The summed E-state index contributed by atoms with van der Waals surface area (Å²) in [6.07, 6.45) is 1.56. The van der Waals surface area contributed by atoms with E-state index in [0.29, 0.717) is 34.6 Å². The maximum absolute atomic E-state index is 12.7. The first-order valence-corrected chi connectivity index (χ1v) is 7.36. The van der Waals surface area contributed by atoms with Crippen LogP contribution in [0, 0.1) is 0 Å². The van der Waals surface area contributed by atoms with Gasteiger partial charge in [0, 0.05) is 36.0 Å². The van der Waals surface area contributed by atoms with Crippen molar-refractivity contribution in [3.05, 3.63) is 58.8 Å². The molecule has 2 N–H and O–H groups in total. The predicted octanol–water partition coefficient (Wildman–Crippen LogP) is 1.88. The smallest absolute Gasteiger partial charge is 0.198 e. The van der Waals surface area contributed by atoms with Crippen molar-refractivity contribution in [2.24, 2.45) is 0 Å². The molecule has 5 heteroatoms. The second-order valence-electron chi connectivity index (χ2n) is 5.07. The summed E-state index contributed by atoms with van der Waals surface area (Å²) in [5.74, 6) is 0.204. The second-order valence-corrected chi connectivity index (χ2v) is 5.07. The van der Waals surface area contributed by atoms with Gasteiger partial charge in [0.1, 0.15) is 5.82 Å². The van der Waals surface area contributed by atoms with Gasteiger partial charge in [0.25, 0.3) is 0 Å². The van der Waals surface area contributed by atoms with E-state index in [4.69, 9.17) is 0 Å². The number of nitrogens with zero attached hydrogens (tertiary/aromatic N) is 1. The van der Waals surface area contributed by atoms with E-state index in [1.807, 2.05) is 6.92 Å². The molecule has 0 radical (unpaired) electrons. The van der Waals surface area contributed by atoms with Crippen LogP contribution in [0.15, 0.2) is 36.5 Å². The Hall–Kier alpha value is -2.53. The van der Waals surface area contributed by atoms with Gasteiger partial charge in [-0.05, 0) is 12.6 Å². The van der Waals surface area contributed by atoms with Gasteiger partial charge < -0.3 is 10.6 Å². The Balaban J connectivity index is 1.98. The average molecular weight is 295 g/mol. The number of carbonyl (C=O) groups excluding carboxylic acids is 2. The van der Waals surface area contributed by atoms with Gasteiger partial charge in [-0.2, -0.15) is 0 Å². The van der Waals surface area contributed by atoms with Gasteiger partial charge >= 0.3 is 0 Å². The van der Waals surface area contributed by atoms with Crippen LogP contribution in [0.1, 0.15) is 38.8 Å². The lowest BCUT2D eigenvalue weighted by molar-refractivity contribution is 0.0979. The zero-order valence-electron chi connectivity index (χ0n) is 12.3. The molecule has 1 aliphatic carbocycles. The van der Waals surface area contributed by atoms with Gasteiger partial charge in [0.2, 0.25) is 0 Å².